The lowest BCUT2D eigenvalue weighted by Crippen LogP contribution is -2.53. The highest BCUT2D eigenvalue weighted by molar-refractivity contribution is 6.09. The minimum absolute atomic E-state index is 0.224. The summed E-state index contributed by atoms with van der Waals surface area (Å²) in [6.07, 6.45) is 0. The van der Waals surface area contributed by atoms with Crippen molar-refractivity contribution in [3.63, 3.8) is 0 Å². The molecule has 0 aromatic heterocycles. The summed E-state index contributed by atoms with van der Waals surface area (Å²) in [5.41, 5.74) is 0.779. The van der Waals surface area contributed by atoms with Gasteiger partial charge in [-0.2, -0.15) is 0 Å². The number of carbonyl (C=O) groups is 3. The van der Waals surface area contributed by atoms with Crippen LogP contribution in [0, 0.1) is 18.8 Å². The molecule has 2 fully saturated rings. The fourth-order valence-electron chi connectivity index (χ4n) is 3.97. The Hall–Kier alpha value is -2.21. The van der Waals surface area contributed by atoms with Crippen molar-refractivity contribution < 1.29 is 19.1 Å². The number of rotatable bonds is 3. The molecule has 2 aliphatic heterocycles. The Labute approximate surface area is 141 Å². The predicted octanol–water partition coefficient (Wildman–Crippen LogP) is 1.19. The van der Waals surface area contributed by atoms with Gasteiger partial charge in [0.25, 0.3) is 0 Å². The van der Waals surface area contributed by atoms with Crippen molar-refractivity contribution in [2.75, 3.05) is 13.7 Å². The Kier molecular flexibility index (Phi) is 3.95. The number of aryl methyl sites for hydroxylation is 1. The van der Waals surface area contributed by atoms with Gasteiger partial charge in [-0.05, 0) is 26.3 Å². The van der Waals surface area contributed by atoms with Crippen molar-refractivity contribution in [3.05, 3.63) is 35.4 Å². The Balaban J connectivity index is 2.09. The summed E-state index contributed by atoms with van der Waals surface area (Å²) in [7, 11) is 1.29. The van der Waals surface area contributed by atoms with Crippen LogP contribution in [0.3, 0.4) is 0 Å². The van der Waals surface area contributed by atoms with Crippen LogP contribution in [-0.2, 0) is 19.1 Å². The van der Waals surface area contributed by atoms with Gasteiger partial charge in [0.05, 0.1) is 18.9 Å². The molecule has 2 saturated heterocycles. The van der Waals surface area contributed by atoms with Crippen LogP contribution in [0.1, 0.15) is 31.0 Å². The smallest absolute Gasteiger partial charge is 0.326 e. The monoisotopic (exact) mass is 330 g/mol. The van der Waals surface area contributed by atoms with Gasteiger partial charge in [-0.25, -0.2) is 0 Å². The van der Waals surface area contributed by atoms with Gasteiger partial charge in [-0.1, -0.05) is 29.8 Å². The van der Waals surface area contributed by atoms with Crippen LogP contribution in [0.4, 0.5) is 0 Å². The maximum Gasteiger partial charge on any atom is 0.326 e. The van der Waals surface area contributed by atoms with Gasteiger partial charge in [-0.3, -0.25) is 24.6 Å². The first-order chi connectivity index (χ1) is 11.3. The summed E-state index contributed by atoms with van der Waals surface area (Å²) in [6.45, 7) is 5.70. The molecule has 0 saturated carbocycles. The number of hydrogen-bond acceptors (Lipinski definition) is 5. The molecule has 2 aliphatic rings. The number of likely N-dealkylation sites (tertiary alicyclic amines) is 1. The Morgan fingerprint density at radius 3 is 2.42 bits per heavy atom. The van der Waals surface area contributed by atoms with E-state index in [4.69, 9.17) is 4.74 Å². The minimum atomic E-state index is -1.22. The summed E-state index contributed by atoms with van der Waals surface area (Å²) in [4.78, 5) is 39.2. The van der Waals surface area contributed by atoms with Crippen molar-refractivity contribution >= 4 is 17.8 Å². The third kappa shape index (κ3) is 2.17. The Morgan fingerprint density at radius 2 is 1.88 bits per heavy atom. The fourth-order valence-corrected chi connectivity index (χ4v) is 3.97. The number of imide groups is 1. The van der Waals surface area contributed by atoms with Crippen LogP contribution in [0.15, 0.2) is 24.3 Å². The second kappa shape index (κ2) is 5.70. The van der Waals surface area contributed by atoms with Gasteiger partial charge < -0.3 is 4.74 Å². The van der Waals surface area contributed by atoms with E-state index in [2.05, 4.69) is 5.32 Å². The number of nitrogens with zero attached hydrogens (tertiary/aromatic N) is 1. The predicted molar refractivity (Wildman–Crippen MR) is 86.9 cm³/mol. The number of carbonyl (C=O) groups excluding carboxylic acids is 3. The number of benzene rings is 1. The van der Waals surface area contributed by atoms with E-state index in [1.54, 1.807) is 13.8 Å². The van der Waals surface area contributed by atoms with Gasteiger partial charge in [0.15, 0.2) is 0 Å². The third-order valence-electron chi connectivity index (χ3n) is 5.24. The van der Waals surface area contributed by atoms with E-state index in [1.807, 2.05) is 31.2 Å². The first kappa shape index (κ1) is 16.6. The first-order valence-corrected chi connectivity index (χ1v) is 8.13. The molecule has 4 atom stereocenters. The zero-order valence-corrected chi connectivity index (χ0v) is 14.3. The molecule has 0 aliphatic carbocycles. The van der Waals surface area contributed by atoms with Crippen LogP contribution >= 0.6 is 0 Å². The average Bonchev–Trinajstić information content (AvgIpc) is 3.02. The van der Waals surface area contributed by atoms with E-state index in [1.165, 1.54) is 12.0 Å². The zero-order chi connectivity index (χ0) is 17.6. The lowest BCUT2D eigenvalue weighted by molar-refractivity contribution is -0.153. The quantitative estimate of drug-likeness (QED) is 0.665. The highest BCUT2D eigenvalue weighted by Crippen LogP contribution is 2.48. The van der Waals surface area contributed by atoms with Crippen molar-refractivity contribution in [2.45, 2.75) is 32.4 Å². The van der Waals surface area contributed by atoms with E-state index in [9.17, 15) is 14.4 Å². The molecule has 2 heterocycles. The largest absolute Gasteiger partial charge is 0.468 e. The van der Waals surface area contributed by atoms with E-state index in [0.29, 0.717) is 6.54 Å². The summed E-state index contributed by atoms with van der Waals surface area (Å²) >= 11 is 0. The lowest BCUT2D eigenvalue weighted by atomic mass is 9.80. The molecule has 24 heavy (non-hydrogen) atoms. The number of hydrogen-bond donors (Lipinski definition) is 1. The maximum absolute atomic E-state index is 12.8. The van der Waals surface area contributed by atoms with E-state index < -0.39 is 29.4 Å². The van der Waals surface area contributed by atoms with Crippen LogP contribution in [0.2, 0.25) is 0 Å². The summed E-state index contributed by atoms with van der Waals surface area (Å²) < 4.78 is 4.92. The molecular weight excluding hydrogens is 308 g/mol. The van der Waals surface area contributed by atoms with Crippen molar-refractivity contribution in [2.24, 2.45) is 11.8 Å². The number of amides is 2. The number of ether oxygens (including phenoxy) is 1. The molecule has 6 nitrogen and oxygen atoms in total. The van der Waals surface area contributed by atoms with E-state index >= 15 is 0 Å². The molecule has 2 amide bonds. The molecule has 0 radical (unpaired) electrons. The van der Waals surface area contributed by atoms with Gasteiger partial charge in [-0.15, -0.1) is 0 Å². The molecule has 3 rings (SSSR count). The van der Waals surface area contributed by atoms with Crippen LogP contribution in [0.25, 0.3) is 0 Å². The Bertz CT molecular complexity index is 699. The van der Waals surface area contributed by atoms with Crippen molar-refractivity contribution in [3.8, 4) is 0 Å². The SMILES string of the molecule is CCN1C(=O)C2C(c3ccc(C)cc3)NC(C)(C(=O)OC)C2C1=O. The molecular formula is C18H22N2O4. The molecule has 0 spiro atoms. The lowest BCUT2D eigenvalue weighted by Gasteiger charge is -2.28. The molecule has 4 unspecified atom stereocenters. The number of methoxy groups -OCH3 is 1. The second-order valence-electron chi connectivity index (χ2n) is 6.65. The topological polar surface area (TPSA) is 75.7 Å². The summed E-state index contributed by atoms with van der Waals surface area (Å²) in [5, 5.41) is 3.22. The first-order valence-electron chi connectivity index (χ1n) is 8.13. The number of nitrogens with one attached hydrogen (secondary N) is 1. The van der Waals surface area contributed by atoms with Gasteiger partial charge in [0.1, 0.15) is 5.54 Å². The number of fused-ring (bicyclic) bond motifs is 1. The molecule has 128 valence electrons. The summed E-state index contributed by atoms with van der Waals surface area (Å²) in [5.74, 6) is -2.39. The standard InChI is InChI=1S/C18H22N2O4/c1-5-20-15(21)12-13(16(20)22)18(3,17(23)24-4)19-14(12)11-8-6-10(2)7-9-11/h6-9,12-14,19H,5H2,1-4H3. The van der Waals surface area contributed by atoms with Crippen LogP contribution < -0.4 is 5.32 Å². The molecule has 1 aromatic rings. The van der Waals surface area contributed by atoms with E-state index in [-0.39, 0.29) is 11.8 Å². The van der Waals surface area contributed by atoms with Crippen LogP contribution in [0.5, 0.6) is 0 Å². The highest BCUT2D eigenvalue weighted by atomic mass is 16.5. The molecule has 0 bridgehead atoms. The Morgan fingerprint density at radius 1 is 1.25 bits per heavy atom. The third-order valence-corrected chi connectivity index (χ3v) is 5.24. The highest BCUT2D eigenvalue weighted by Gasteiger charge is 2.66. The number of esters is 1. The average molecular weight is 330 g/mol. The maximum atomic E-state index is 12.8. The molecule has 1 aromatic carbocycles. The molecule has 1 N–H and O–H groups in total. The normalized spacial score (nSPS) is 32.2. The molecule has 6 heteroatoms. The van der Waals surface area contributed by atoms with Crippen LogP contribution in [-0.4, -0.2) is 41.9 Å². The summed E-state index contributed by atoms with van der Waals surface area (Å²) in [6, 6.07) is 7.38. The van der Waals surface area contributed by atoms with Gasteiger partial charge >= 0.3 is 5.97 Å². The van der Waals surface area contributed by atoms with E-state index in [0.717, 1.165) is 11.1 Å². The zero-order valence-electron chi connectivity index (χ0n) is 14.3. The minimum Gasteiger partial charge on any atom is -0.468 e. The van der Waals surface area contributed by atoms with Gasteiger partial charge in [0, 0.05) is 12.6 Å². The van der Waals surface area contributed by atoms with Gasteiger partial charge in [0.2, 0.25) is 11.8 Å². The second-order valence-corrected chi connectivity index (χ2v) is 6.65. The fraction of sp³-hybridized carbons (Fsp3) is 0.500. The van der Waals surface area contributed by atoms with Crippen molar-refractivity contribution in [1.29, 1.82) is 0 Å². The van der Waals surface area contributed by atoms with Crippen molar-refractivity contribution in [1.82, 2.24) is 10.2 Å².